The molecular formula is C37H36Si. The third kappa shape index (κ3) is 4.53. The van der Waals surface area contributed by atoms with Crippen molar-refractivity contribution in [2.75, 3.05) is 0 Å². The fraction of sp³-hybridized carbons (Fsp3) is 0.243. The van der Waals surface area contributed by atoms with Gasteiger partial charge in [0.2, 0.25) is 0 Å². The molecule has 188 valence electrons. The monoisotopic (exact) mass is 508 g/mol. The molecule has 0 aromatic heterocycles. The van der Waals surface area contributed by atoms with E-state index in [1.807, 2.05) is 18.2 Å². The Morgan fingerprint density at radius 3 is 1.42 bits per heavy atom. The van der Waals surface area contributed by atoms with Crippen molar-refractivity contribution < 1.29 is 0 Å². The molecule has 5 rings (SSSR count). The minimum absolute atomic E-state index is 0.587. The number of fused-ring (bicyclic) bond motifs is 3. The summed E-state index contributed by atoms with van der Waals surface area (Å²) in [6.45, 7) is 14.3. The summed E-state index contributed by atoms with van der Waals surface area (Å²) in [5, 5.41) is 7.22. The van der Waals surface area contributed by atoms with Gasteiger partial charge in [0, 0.05) is 16.7 Å². The van der Waals surface area contributed by atoms with Crippen molar-refractivity contribution in [1.82, 2.24) is 0 Å². The molecule has 0 bridgehead atoms. The fourth-order valence-electron chi connectivity index (χ4n) is 6.39. The molecule has 1 heteroatoms. The Bertz CT molecular complexity index is 1730. The van der Waals surface area contributed by atoms with Crippen LogP contribution >= 0.6 is 0 Å². The normalized spacial score (nSPS) is 11.7. The second-order valence-corrected chi connectivity index (χ2v) is 16.9. The minimum Gasteiger partial charge on any atom is -0.125 e. The van der Waals surface area contributed by atoms with Crippen molar-refractivity contribution in [1.29, 1.82) is 0 Å². The van der Waals surface area contributed by atoms with Crippen LogP contribution in [0.25, 0.3) is 32.3 Å². The van der Waals surface area contributed by atoms with Gasteiger partial charge in [-0.25, -0.2) is 0 Å². The first-order valence-corrected chi connectivity index (χ1v) is 16.0. The molecule has 0 heterocycles. The zero-order valence-electron chi connectivity index (χ0n) is 23.4. The summed E-state index contributed by atoms with van der Waals surface area (Å²) in [5.74, 6) is 10.9. The zero-order valence-corrected chi connectivity index (χ0v) is 24.4. The van der Waals surface area contributed by atoms with Crippen LogP contribution in [0.15, 0.2) is 91.0 Å². The molecule has 0 amide bonds. The van der Waals surface area contributed by atoms with Crippen LogP contribution in [0.2, 0.25) is 16.6 Å². The summed E-state index contributed by atoms with van der Waals surface area (Å²) >= 11 is 0. The van der Waals surface area contributed by atoms with Gasteiger partial charge in [0.1, 0.15) is 8.07 Å². The van der Waals surface area contributed by atoms with Crippen molar-refractivity contribution in [3.63, 3.8) is 0 Å². The Morgan fingerprint density at radius 1 is 0.474 bits per heavy atom. The van der Waals surface area contributed by atoms with Gasteiger partial charge < -0.3 is 0 Å². The van der Waals surface area contributed by atoms with E-state index < -0.39 is 8.07 Å². The highest BCUT2D eigenvalue weighted by Gasteiger charge is 2.41. The van der Waals surface area contributed by atoms with Crippen LogP contribution in [-0.2, 0) is 0 Å². The summed E-state index contributed by atoms with van der Waals surface area (Å²) in [6.07, 6.45) is 0. The summed E-state index contributed by atoms with van der Waals surface area (Å²) in [5.41, 5.74) is 9.02. The van der Waals surface area contributed by atoms with E-state index in [2.05, 4.69) is 138 Å². The first-order valence-electron chi connectivity index (χ1n) is 13.8. The Morgan fingerprint density at radius 2 is 0.921 bits per heavy atom. The van der Waals surface area contributed by atoms with Crippen molar-refractivity contribution >= 4 is 40.4 Å². The molecule has 0 N–H and O–H groups in total. The van der Waals surface area contributed by atoms with E-state index in [9.17, 15) is 0 Å². The summed E-state index contributed by atoms with van der Waals surface area (Å²) in [7, 11) is -1.90. The third-order valence-corrected chi connectivity index (χ3v) is 14.6. The third-order valence-electron chi connectivity index (χ3n) is 8.27. The molecule has 0 radical (unpaired) electrons. The first kappa shape index (κ1) is 25.8. The van der Waals surface area contributed by atoms with Gasteiger partial charge >= 0.3 is 0 Å². The molecule has 5 aromatic carbocycles. The molecule has 38 heavy (non-hydrogen) atoms. The maximum Gasteiger partial charge on any atom is 0.146 e. The molecule has 0 spiro atoms. The lowest BCUT2D eigenvalue weighted by Crippen LogP contribution is -2.43. The van der Waals surface area contributed by atoms with Gasteiger partial charge in [-0.15, -0.1) is 5.54 Å². The quantitative estimate of drug-likeness (QED) is 0.129. The predicted molar refractivity (Wildman–Crippen MR) is 169 cm³/mol. The maximum absolute atomic E-state index is 4.01. The van der Waals surface area contributed by atoms with E-state index in [1.165, 1.54) is 32.3 Å². The predicted octanol–water partition coefficient (Wildman–Crippen LogP) is 10.1. The van der Waals surface area contributed by atoms with Gasteiger partial charge in [-0.2, -0.15) is 0 Å². The molecule has 5 aromatic rings. The Labute approximate surface area is 229 Å². The highest BCUT2D eigenvalue weighted by molar-refractivity contribution is 6.90. The molecule has 0 aliphatic carbocycles. The van der Waals surface area contributed by atoms with E-state index in [1.54, 1.807) is 0 Å². The zero-order chi connectivity index (χ0) is 26.9. The van der Waals surface area contributed by atoms with Gasteiger partial charge in [0.05, 0.1) is 0 Å². The van der Waals surface area contributed by atoms with Crippen molar-refractivity contribution in [2.45, 2.75) is 58.2 Å². The molecular weight excluding hydrogens is 472 g/mol. The maximum atomic E-state index is 4.01. The number of benzene rings is 5. The highest BCUT2D eigenvalue weighted by Crippen LogP contribution is 2.41. The first-order chi connectivity index (χ1) is 18.3. The average molecular weight is 509 g/mol. The van der Waals surface area contributed by atoms with Crippen LogP contribution in [0.3, 0.4) is 0 Å². The molecule has 0 nitrogen and oxygen atoms in total. The van der Waals surface area contributed by atoms with Crippen LogP contribution in [0.1, 0.15) is 58.2 Å². The number of rotatable bonds is 3. The Balaban J connectivity index is 1.90. The lowest BCUT2D eigenvalue weighted by atomic mass is 9.90. The number of hydrogen-bond acceptors (Lipinski definition) is 0. The van der Waals surface area contributed by atoms with Gasteiger partial charge in [0.15, 0.2) is 0 Å². The molecule has 0 aliphatic heterocycles. The summed E-state index contributed by atoms with van der Waals surface area (Å²) in [6, 6.07) is 32.2. The van der Waals surface area contributed by atoms with Crippen LogP contribution < -0.4 is 0 Å². The smallest absolute Gasteiger partial charge is 0.125 e. The van der Waals surface area contributed by atoms with Crippen LogP contribution in [-0.4, -0.2) is 8.07 Å². The van der Waals surface area contributed by atoms with Crippen LogP contribution in [0.4, 0.5) is 0 Å². The summed E-state index contributed by atoms with van der Waals surface area (Å²) < 4.78 is 0. The Kier molecular flexibility index (Phi) is 7.16. The van der Waals surface area contributed by atoms with E-state index in [-0.39, 0.29) is 0 Å². The average Bonchev–Trinajstić information content (AvgIpc) is 2.91. The van der Waals surface area contributed by atoms with E-state index in [0.29, 0.717) is 16.6 Å². The molecule has 0 unspecified atom stereocenters. The lowest BCUT2D eigenvalue weighted by Gasteiger charge is -2.38. The highest BCUT2D eigenvalue weighted by atomic mass is 28.3. The molecule has 0 saturated heterocycles. The molecule has 0 aliphatic rings. The number of hydrogen-bond donors (Lipinski definition) is 0. The largest absolute Gasteiger partial charge is 0.146 e. The van der Waals surface area contributed by atoms with Crippen molar-refractivity contribution in [3.05, 3.63) is 108 Å². The van der Waals surface area contributed by atoms with Crippen LogP contribution in [0.5, 0.6) is 0 Å². The second kappa shape index (κ2) is 10.5. The standard InChI is InChI=1S/C37H36Si/c1-26(2)38(27(3)4,28(5)6)23-22-35-33-19-13-12-18-32(33)34(21-20-29-14-8-7-9-15-29)36-24-30-16-10-11-17-31(30)25-37(35)36/h7-19,24-28H,1-6H3. The molecule has 0 atom stereocenters. The van der Waals surface area contributed by atoms with Gasteiger partial charge in [-0.1, -0.05) is 126 Å². The van der Waals surface area contributed by atoms with Crippen molar-refractivity contribution in [2.24, 2.45) is 0 Å². The minimum atomic E-state index is -1.90. The van der Waals surface area contributed by atoms with Gasteiger partial charge in [-0.3, -0.25) is 0 Å². The van der Waals surface area contributed by atoms with Gasteiger partial charge in [-0.05, 0) is 73.2 Å². The fourth-order valence-corrected chi connectivity index (χ4v) is 11.6. The second-order valence-electron chi connectivity index (χ2n) is 11.3. The summed E-state index contributed by atoms with van der Waals surface area (Å²) in [4.78, 5) is 0. The van der Waals surface area contributed by atoms with E-state index in [0.717, 1.165) is 16.7 Å². The van der Waals surface area contributed by atoms with Crippen molar-refractivity contribution in [3.8, 4) is 23.3 Å². The Hall–Kier alpha value is -3.78. The van der Waals surface area contributed by atoms with Crippen LogP contribution in [0, 0.1) is 23.3 Å². The lowest BCUT2D eigenvalue weighted by molar-refractivity contribution is 0.838. The molecule has 0 fully saturated rings. The van der Waals surface area contributed by atoms with E-state index >= 15 is 0 Å². The SMILES string of the molecule is CC(C)[Si](C#Cc1c2ccccc2c(C#Cc2ccccc2)c2cc3ccccc3cc12)(C(C)C)C(C)C. The topological polar surface area (TPSA) is 0 Å². The van der Waals surface area contributed by atoms with Gasteiger partial charge in [0.25, 0.3) is 0 Å². The molecule has 0 saturated carbocycles. The van der Waals surface area contributed by atoms with E-state index in [4.69, 9.17) is 0 Å².